The molecule has 0 aromatic heterocycles. The lowest BCUT2D eigenvalue weighted by Gasteiger charge is -2.32. The zero-order chi connectivity index (χ0) is 17.4. The zero-order valence-electron chi connectivity index (χ0n) is 14.1. The van der Waals surface area contributed by atoms with Crippen LogP contribution in [0.4, 0.5) is 5.69 Å². The van der Waals surface area contributed by atoms with Crippen molar-refractivity contribution in [2.45, 2.75) is 58.9 Å². The van der Waals surface area contributed by atoms with Crippen LogP contribution in [0.15, 0.2) is 18.2 Å². The van der Waals surface area contributed by atoms with E-state index in [1.54, 1.807) is 0 Å². The number of carbonyl (C=O) groups is 2. The number of nitrogens with zero attached hydrogens (tertiary/aromatic N) is 1. The molecule has 5 heteroatoms. The highest BCUT2D eigenvalue weighted by molar-refractivity contribution is 6.30. The van der Waals surface area contributed by atoms with Crippen LogP contribution in [0.3, 0.4) is 0 Å². The van der Waals surface area contributed by atoms with E-state index < -0.39 is 12.0 Å². The second kappa shape index (κ2) is 9.56. The van der Waals surface area contributed by atoms with Crippen molar-refractivity contribution in [2.24, 2.45) is 0 Å². The predicted molar refractivity (Wildman–Crippen MR) is 94.4 cm³/mol. The van der Waals surface area contributed by atoms with Gasteiger partial charge in [-0.2, -0.15) is 0 Å². The molecule has 0 bridgehead atoms. The molecule has 1 atom stereocenters. The van der Waals surface area contributed by atoms with Gasteiger partial charge in [0.2, 0.25) is 5.91 Å². The van der Waals surface area contributed by atoms with Crippen molar-refractivity contribution in [2.75, 3.05) is 10.8 Å². The first-order chi connectivity index (χ1) is 11.0. The molecule has 1 aromatic rings. The molecule has 0 aliphatic carbocycles. The monoisotopic (exact) mass is 339 g/mol. The number of hydrogen-bond donors (Lipinski definition) is 1. The van der Waals surface area contributed by atoms with E-state index >= 15 is 0 Å². The second-order valence-corrected chi connectivity index (χ2v) is 5.79. The summed E-state index contributed by atoms with van der Waals surface area (Å²) >= 11 is 5.79. The van der Waals surface area contributed by atoms with Crippen molar-refractivity contribution in [1.82, 2.24) is 0 Å². The van der Waals surface area contributed by atoms with E-state index in [4.69, 9.17) is 11.6 Å². The summed E-state index contributed by atoms with van der Waals surface area (Å²) < 4.78 is 0. The van der Waals surface area contributed by atoms with E-state index in [9.17, 15) is 14.7 Å². The summed E-state index contributed by atoms with van der Waals surface area (Å²) in [5.74, 6) is -1.56. The number of rotatable bonds is 9. The van der Waals surface area contributed by atoms with Crippen LogP contribution in [-0.2, 0) is 22.4 Å². The molecule has 0 aliphatic rings. The Labute approximate surface area is 143 Å². The lowest BCUT2D eigenvalue weighted by atomic mass is 9.98. The molecule has 23 heavy (non-hydrogen) atoms. The quantitative estimate of drug-likeness (QED) is 0.691. The molecule has 4 nitrogen and oxygen atoms in total. The van der Waals surface area contributed by atoms with Gasteiger partial charge in [-0.05, 0) is 30.4 Å². The number of para-hydroxylation sites is 1. The SMILES string of the molecule is CCCCC(C(=O)O)N(C(=O)CCl)c1c(CC)cccc1CC. The smallest absolute Gasteiger partial charge is 0.326 e. The fraction of sp³-hybridized carbons (Fsp3) is 0.556. The first kappa shape index (κ1) is 19.5. The van der Waals surface area contributed by atoms with Crippen LogP contribution in [0, 0.1) is 0 Å². The highest BCUT2D eigenvalue weighted by Gasteiger charge is 2.32. The highest BCUT2D eigenvalue weighted by Crippen LogP contribution is 2.30. The standard InChI is InChI=1S/C18H26ClNO3/c1-4-7-11-15(18(22)23)20(16(21)12-19)17-13(5-2)9-8-10-14(17)6-3/h8-10,15H,4-7,11-12H2,1-3H3,(H,22,23). The Morgan fingerprint density at radius 1 is 1.17 bits per heavy atom. The van der Waals surface area contributed by atoms with Crippen LogP contribution in [0.25, 0.3) is 0 Å². The number of hydrogen-bond acceptors (Lipinski definition) is 2. The molecule has 0 radical (unpaired) electrons. The minimum atomic E-state index is -0.982. The average molecular weight is 340 g/mol. The number of anilines is 1. The van der Waals surface area contributed by atoms with E-state index in [0.717, 1.165) is 42.5 Å². The van der Waals surface area contributed by atoms with Crippen molar-refractivity contribution >= 4 is 29.2 Å². The summed E-state index contributed by atoms with van der Waals surface area (Å²) in [7, 11) is 0. The highest BCUT2D eigenvalue weighted by atomic mass is 35.5. The maximum Gasteiger partial charge on any atom is 0.326 e. The molecule has 0 saturated heterocycles. The molecule has 0 aliphatic heterocycles. The van der Waals surface area contributed by atoms with Gasteiger partial charge in [0, 0.05) is 0 Å². The van der Waals surface area contributed by atoms with Gasteiger partial charge in [0.05, 0.1) is 5.69 Å². The van der Waals surface area contributed by atoms with Gasteiger partial charge in [0.25, 0.3) is 0 Å². The summed E-state index contributed by atoms with van der Waals surface area (Å²) in [5.41, 5.74) is 2.68. The largest absolute Gasteiger partial charge is 0.480 e. The third-order valence-corrected chi connectivity index (χ3v) is 4.25. The van der Waals surface area contributed by atoms with Crippen molar-refractivity contribution in [3.05, 3.63) is 29.3 Å². The molecule has 0 saturated carbocycles. The van der Waals surface area contributed by atoms with E-state index in [1.807, 2.05) is 39.0 Å². The fourth-order valence-electron chi connectivity index (χ4n) is 2.80. The minimum absolute atomic E-state index is 0.225. The Bertz CT molecular complexity index is 523. The summed E-state index contributed by atoms with van der Waals surface area (Å²) in [5, 5.41) is 9.67. The van der Waals surface area contributed by atoms with Crippen LogP contribution in [-0.4, -0.2) is 28.9 Å². The number of carboxylic acid groups (broad SMARTS) is 1. The number of halogens is 1. The van der Waals surface area contributed by atoms with Gasteiger partial charge in [0.15, 0.2) is 0 Å². The van der Waals surface area contributed by atoms with Crippen molar-refractivity contribution in [3.63, 3.8) is 0 Å². The number of aliphatic carboxylic acids is 1. The van der Waals surface area contributed by atoms with Crippen LogP contribution in [0.5, 0.6) is 0 Å². The maximum atomic E-state index is 12.5. The van der Waals surface area contributed by atoms with E-state index in [0.29, 0.717) is 6.42 Å². The Balaban J connectivity index is 3.47. The summed E-state index contributed by atoms with van der Waals surface area (Å²) in [6.45, 7) is 6.01. The number of aryl methyl sites for hydroxylation is 2. The zero-order valence-corrected chi connectivity index (χ0v) is 14.9. The maximum absolute atomic E-state index is 12.5. The van der Waals surface area contributed by atoms with Crippen molar-refractivity contribution in [1.29, 1.82) is 0 Å². The Morgan fingerprint density at radius 2 is 1.74 bits per heavy atom. The number of benzene rings is 1. The van der Waals surface area contributed by atoms with Gasteiger partial charge < -0.3 is 5.11 Å². The van der Waals surface area contributed by atoms with Crippen LogP contribution < -0.4 is 4.90 Å². The van der Waals surface area contributed by atoms with Gasteiger partial charge in [-0.15, -0.1) is 11.6 Å². The molecule has 0 fully saturated rings. The van der Waals surface area contributed by atoms with Crippen LogP contribution in [0.1, 0.15) is 51.2 Å². The minimum Gasteiger partial charge on any atom is -0.480 e. The van der Waals surface area contributed by atoms with Crippen molar-refractivity contribution in [3.8, 4) is 0 Å². The Kier molecular flexibility index (Phi) is 8.10. The molecule has 0 spiro atoms. The van der Waals surface area contributed by atoms with Crippen molar-refractivity contribution < 1.29 is 14.7 Å². The molecule has 1 unspecified atom stereocenters. The molecule has 1 amide bonds. The first-order valence-corrected chi connectivity index (χ1v) is 8.76. The molecule has 128 valence electrons. The average Bonchev–Trinajstić information content (AvgIpc) is 2.57. The topological polar surface area (TPSA) is 57.6 Å². The first-order valence-electron chi connectivity index (χ1n) is 8.23. The molecule has 1 aromatic carbocycles. The fourth-order valence-corrected chi connectivity index (χ4v) is 2.93. The molecule has 1 N–H and O–H groups in total. The molecular formula is C18H26ClNO3. The lowest BCUT2D eigenvalue weighted by Crippen LogP contribution is -2.47. The van der Waals surface area contributed by atoms with E-state index in [-0.39, 0.29) is 11.8 Å². The van der Waals surface area contributed by atoms with Gasteiger partial charge in [-0.1, -0.05) is 51.8 Å². The Morgan fingerprint density at radius 3 is 2.13 bits per heavy atom. The predicted octanol–water partition coefficient (Wildman–Crippen LogP) is 4.03. The normalized spacial score (nSPS) is 12.0. The van der Waals surface area contributed by atoms with Gasteiger partial charge in [-0.3, -0.25) is 9.69 Å². The van der Waals surface area contributed by atoms with Gasteiger partial charge >= 0.3 is 5.97 Å². The second-order valence-electron chi connectivity index (χ2n) is 5.53. The van der Waals surface area contributed by atoms with Gasteiger partial charge in [0.1, 0.15) is 11.9 Å². The van der Waals surface area contributed by atoms with Crippen LogP contribution in [0.2, 0.25) is 0 Å². The van der Waals surface area contributed by atoms with Crippen LogP contribution >= 0.6 is 11.6 Å². The number of unbranched alkanes of at least 4 members (excludes halogenated alkanes) is 1. The number of carbonyl (C=O) groups excluding carboxylic acids is 1. The number of alkyl halides is 1. The Hall–Kier alpha value is -1.55. The third kappa shape index (κ3) is 4.71. The summed E-state index contributed by atoms with van der Waals surface area (Å²) in [6, 6.07) is 4.97. The molecule has 1 rings (SSSR count). The lowest BCUT2D eigenvalue weighted by molar-refractivity contribution is -0.140. The van der Waals surface area contributed by atoms with Gasteiger partial charge in [-0.25, -0.2) is 4.79 Å². The van der Waals surface area contributed by atoms with E-state index in [1.165, 1.54) is 4.90 Å². The molecule has 0 heterocycles. The third-order valence-electron chi connectivity index (χ3n) is 4.02. The summed E-state index contributed by atoms with van der Waals surface area (Å²) in [4.78, 5) is 25.7. The van der Waals surface area contributed by atoms with E-state index in [2.05, 4.69) is 0 Å². The number of carboxylic acids is 1. The summed E-state index contributed by atoms with van der Waals surface area (Å²) in [6.07, 6.45) is 3.52. The molecular weight excluding hydrogens is 314 g/mol. The number of amides is 1.